The van der Waals surface area contributed by atoms with Crippen LogP contribution in [0.3, 0.4) is 0 Å². The largest absolute Gasteiger partial charge is 0.325 e. The highest BCUT2D eigenvalue weighted by atomic mass is 35.5. The Morgan fingerprint density at radius 2 is 2.09 bits per heavy atom. The van der Waals surface area contributed by atoms with Crippen molar-refractivity contribution in [2.75, 3.05) is 38.0 Å². The third-order valence-corrected chi connectivity index (χ3v) is 4.85. The van der Waals surface area contributed by atoms with E-state index in [9.17, 15) is 4.79 Å². The molecular weight excluding hydrogens is 298 g/mol. The zero-order chi connectivity index (χ0) is 14.7. The molecule has 0 saturated carbocycles. The van der Waals surface area contributed by atoms with E-state index in [0.717, 1.165) is 31.9 Å². The number of piperidine rings is 1. The van der Waals surface area contributed by atoms with Crippen LogP contribution in [-0.4, -0.2) is 43.5 Å². The number of amides is 1. The Morgan fingerprint density at radius 3 is 2.82 bits per heavy atom. The summed E-state index contributed by atoms with van der Waals surface area (Å²) in [7, 11) is 0. The molecule has 4 nitrogen and oxygen atoms in total. The lowest BCUT2D eigenvalue weighted by Gasteiger charge is -2.33. The number of likely N-dealkylation sites (tertiary alicyclic amines) is 1. The monoisotopic (exact) mass is 323 g/mol. The quantitative estimate of drug-likeness (QED) is 0.898. The Balaban J connectivity index is 0.00000176. The van der Waals surface area contributed by atoms with Crippen LogP contribution in [0.15, 0.2) is 24.3 Å². The van der Waals surface area contributed by atoms with E-state index < -0.39 is 0 Å². The molecule has 2 aliphatic heterocycles. The average Bonchev–Trinajstić information content (AvgIpc) is 2.82. The molecule has 5 heteroatoms. The van der Waals surface area contributed by atoms with Crippen LogP contribution in [0, 0.1) is 12.3 Å². The van der Waals surface area contributed by atoms with Gasteiger partial charge in [0.05, 0.1) is 6.54 Å². The van der Waals surface area contributed by atoms with Crippen LogP contribution in [0.5, 0.6) is 0 Å². The van der Waals surface area contributed by atoms with Crippen LogP contribution in [0.1, 0.15) is 24.8 Å². The van der Waals surface area contributed by atoms with Crippen LogP contribution in [0.2, 0.25) is 0 Å². The van der Waals surface area contributed by atoms with Crippen molar-refractivity contribution in [3.8, 4) is 0 Å². The van der Waals surface area contributed by atoms with Gasteiger partial charge >= 0.3 is 0 Å². The number of hydrogen-bond acceptors (Lipinski definition) is 3. The van der Waals surface area contributed by atoms with Crippen molar-refractivity contribution in [1.82, 2.24) is 10.2 Å². The van der Waals surface area contributed by atoms with E-state index in [-0.39, 0.29) is 18.3 Å². The van der Waals surface area contributed by atoms with Crippen molar-refractivity contribution < 1.29 is 4.79 Å². The van der Waals surface area contributed by atoms with Crippen molar-refractivity contribution in [3.05, 3.63) is 29.8 Å². The van der Waals surface area contributed by atoms with Crippen molar-refractivity contribution in [2.24, 2.45) is 5.41 Å². The highest BCUT2D eigenvalue weighted by Gasteiger charge is 2.39. The molecule has 3 rings (SSSR count). The van der Waals surface area contributed by atoms with Crippen LogP contribution in [0.25, 0.3) is 0 Å². The lowest BCUT2D eigenvalue weighted by molar-refractivity contribution is -0.117. The maximum atomic E-state index is 12.2. The maximum Gasteiger partial charge on any atom is 0.238 e. The molecule has 0 atom stereocenters. The molecule has 0 bridgehead atoms. The number of rotatable bonds is 3. The zero-order valence-electron chi connectivity index (χ0n) is 13.2. The van der Waals surface area contributed by atoms with Gasteiger partial charge in [-0.25, -0.2) is 0 Å². The van der Waals surface area contributed by atoms with Gasteiger partial charge in [0.25, 0.3) is 0 Å². The number of aryl methyl sites for hydroxylation is 1. The van der Waals surface area contributed by atoms with E-state index in [4.69, 9.17) is 0 Å². The summed E-state index contributed by atoms with van der Waals surface area (Å²) in [6.45, 7) is 6.95. The van der Waals surface area contributed by atoms with Crippen LogP contribution in [-0.2, 0) is 4.79 Å². The SMILES string of the molecule is Cc1cccc(NC(=O)CN2CCC3(CCNCC3)C2)c1.Cl. The van der Waals surface area contributed by atoms with E-state index in [2.05, 4.69) is 15.5 Å². The molecule has 122 valence electrons. The zero-order valence-corrected chi connectivity index (χ0v) is 14.0. The third-order valence-electron chi connectivity index (χ3n) is 4.85. The summed E-state index contributed by atoms with van der Waals surface area (Å²) in [5.41, 5.74) is 2.54. The first-order valence-electron chi connectivity index (χ1n) is 7.95. The van der Waals surface area contributed by atoms with Crippen molar-refractivity contribution in [1.29, 1.82) is 0 Å². The molecule has 1 amide bonds. The van der Waals surface area contributed by atoms with Gasteiger partial charge in [0.2, 0.25) is 5.91 Å². The smallest absolute Gasteiger partial charge is 0.238 e. The lowest BCUT2D eigenvalue weighted by Crippen LogP contribution is -2.40. The number of carbonyl (C=O) groups is 1. The number of hydrogen-bond donors (Lipinski definition) is 2. The Kier molecular flexibility index (Phi) is 5.84. The van der Waals surface area contributed by atoms with Gasteiger partial charge < -0.3 is 10.6 Å². The number of nitrogens with one attached hydrogen (secondary N) is 2. The topological polar surface area (TPSA) is 44.4 Å². The molecule has 1 spiro atoms. The average molecular weight is 324 g/mol. The number of halogens is 1. The summed E-state index contributed by atoms with van der Waals surface area (Å²) in [4.78, 5) is 14.5. The Bertz CT molecular complexity index is 514. The second-order valence-corrected chi connectivity index (χ2v) is 6.63. The summed E-state index contributed by atoms with van der Waals surface area (Å²) >= 11 is 0. The van der Waals surface area contributed by atoms with E-state index >= 15 is 0 Å². The number of benzene rings is 1. The third kappa shape index (κ3) is 4.22. The Labute approximate surface area is 139 Å². The molecule has 0 unspecified atom stereocenters. The predicted molar refractivity (Wildman–Crippen MR) is 92.7 cm³/mol. The summed E-state index contributed by atoms with van der Waals surface area (Å²) < 4.78 is 0. The fourth-order valence-corrected chi connectivity index (χ4v) is 3.65. The molecule has 2 aliphatic rings. The molecule has 2 N–H and O–H groups in total. The molecule has 22 heavy (non-hydrogen) atoms. The summed E-state index contributed by atoms with van der Waals surface area (Å²) in [5, 5.41) is 6.44. The molecule has 2 heterocycles. The molecule has 1 aromatic rings. The van der Waals surface area contributed by atoms with Gasteiger partial charge in [-0.05, 0) is 68.9 Å². The summed E-state index contributed by atoms with van der Waals surface area (Å²) in [6.07, 6.45) is 3.75. The predicted octanol–water partition coefficient (Wildman–Crippen LogP) is 2.43. The fourth-order valence-electron chi connectivity index (χ4n) is 3.65. The van der Waals surface area contributed by atoms with Gasteiger partial charge in [-0.1, -0.05) is 12.1 Å². The normalized spacial score (nSPS) is 20.6. The first kappa shape index (κ1) is 17.3. The fraction of sp³-hybridized carbons (Fsp3) is 0.588. The minimum absolute atomic E-state index is 0. The second-order valence-electron chi connectivity index (χ2n) is 6.63. The first-order valence-corrected chi connectivity index (χ1v) is 7.95. The first-order chi connectivity index (χ1) is 10.2. The standard InChI is InChI=1S/C17H25N3O.ClH/c1-14-3-2-4-15(11-14)19-16(21)12-20-10-7-17(13-20)5-8-18-9-6-17;/h2-4,11,18H,5-10,12-13H2,1H3,(H,19,21);1H. The number of carbonyl (C=O) groups excluding carboxylic acids is 1. The van der Waals surface area contributed by atoms with Gasteiger partial charge in [-0.2, -0.15) is 0 Å². The van der Waals surface area contributed by atoms with Crippen molar-refractivity contribution in [3.63, 3.8) is 0 Å². The van der Waals surface area contributed by atoms with Crippen LogP contribution >= 0.6 is 12.4 Å². The van der Waals surface area contributed by atoms with Gasteiger partial charge in [-0.15, -0.1) is 12.4 Å². The Hall–Kier alpha value is -1.10. The molecule has 0 aliphatic carbocycles. The minimum Gasteiger partial charge on any atom is -0.325 e. The molecule has 0 radical (unpaired) electrons. The van der Waals surface area contributed by atoms with Gasteiger partial charge in [0, 0.05) is 12.2 Å². The Morgan fingerprint density at radius 1 is 1.32 bits per heavy atom. The summed E-state index contributed by atoms with van der Waals surface area (Å²) in [6, 6.07) is 7.97. The second kappa shape index (κ2) is 7.44. The molecule has 1 aromatic carbocycles. The molecular formula is C17H26ClN3O. The van der Waals surface area contributed by atoms with Crippen molar-refractivity contribution in [2.45, 2.75) is 26.2 Å². The lowest BCUT2D eigenvalue weighted by atomic mass is 9.78. The minimum atomic E-state index is 0. The van der Waals surface area contributed by atoms with E-state index in [1.165, 1.54) is 24.8 Å². The molecule has 2 saturated heterocycles. The van der Waals surface area contributed by atoms with Crippen LogP contribution in [0.4, 0.5) is 5.69 Å². The molecule has 0 aromatic heterocycles. The highest BCUT2D eigenvalue weighted by Crippen LogP contribution is 2.38. The van der Waals surface area contributed by atoms with Crippen molar-refractivity contribution >= 4 is 24.0 Å². The van der Waals surface area contributed by atoms with E-state index in [1.54, 1.807) is 0 Å². The number of nitrogens with zero attached hydrogens (tertiary/aromatic N) is 1. The van der Waals surface area contributed by atoms with E-state index in [0.29, 0.717) is 12.0 Å². The van der Waals surface area contributed by atoms with Gasteiger partial charge in [0.1, 0.15) is 0 Å². The highest BCUT2D eigenvalue weighted by molar-refractivity contribution is 5.92. The number of anilines is 1. The van der Waals surface area contributed by atoms with Crippen LogP contribution < -0.4 is 10.6 Å². The molecule has 2 fully saturated rings. The van der Waals surface area contributed by atoms with E-state index in [1.807, 2.05) is 31.2 Å². The van der Waals surface area contributed by atoms with Gasteiger partial charge in [0.15, 0.2) is 0 Å². The summed E-state index contributed by atoms with van der Waals surface area (Å²) in [5.74, 6) is 0.103. The maximum absolute atomic E-state index is 12.2. The van der Waals surface area contributed by atoms with Gasteiger partial charge in [-0.3, -0.25) is 9.69 Å².